The molecule has 0 atom stereocenters. The summed E-state index contributed by atoms with van der Waals surface area (Å²) in [7, 11) is 0. The molecule has 1 spiro atoms. The SMILES string of the molecule is Cc1ccc(CN2CCCC2)cc1NC(=O)C1=CC2(CCOCC2)C1.I. The van der Waals surface area contributed by atoms with Gasteiger partial charge in [-0.05, 0) is 74.7 Å². The van der Waals surface area contributed by atoms with Crippen molar-refractivity contribution in [2.45, 2.75) is 45.6 Å². The first kappa shape index (κ1) is 19.8. The molecule has 1 amide bonds. The number of allylic oxidation sites excluding steroid dienone is 1. The summed E-state index contributed by atoms with van der Waals surface area (Å²) in [5.41, 5.74) is 4.53. The Morgan fingerprint density at radius 1 is 1.23 bits per heavy atom. The zero-order valence-corrected chi connectivity index (χ0v) is 17.9. The van der Waals surface area contributed by atoms with Gasteiger partial charge in [0, 0.05) is 31.0 Å². The molecule has 2 saturated heterocycles. The molecule has 1 N–H and O–H groups in total. The van der Waals surface area contributed by atoms with Gasteiger partial charge in [0.05, 0.1) is 0 Å². The Kier molecular flexibility index (Phi) is 6.41. The van der Waals surface area contributed by atoms with E-state index < -0.39 is 0 Å². The Hall–Kier alpha value is -0.920. The number of rotatable bonds is 4. The van der Waals surface area contributed by atoms with E-state index in [4.69, 9.17) is 4.74 Å². The number of ether oxygens (including phenoxy) is 1. The lowest BCUT2D eigenvalue weighted by Crippen LogP contribution is -2.37. The van der Waals surface area contributed by atoms with Gasteiger partial charge >= 0.3 is 0 Å². The third-order valence-electron chi connectivity index (χ3n) is 5.96. The zero-order chi connectivity index (χ0) is 17.3. The second-order valence-electron chi connectivity index (χ2n) is 7.91. The predicted octanol–water partition coefficient (Wildman–Crippen LogP) is 4.27. The molecule has 4 nitrogen and oxygen atoms in total. The van der Waals surface area contributed by atoms with Crippen LogP contribution in [0.15, 0.2) is 29.8 Å². The number of likely N-dealkylation sites (tertiary alicyclic amines) is 1. The van der Waals surface area contributed by atoms with Crippen LogP contribution in [0, 0.1) is 12.3 Å². The molecule has 2 aliphatic heterocycles. The normalized spacial score (nSPS) is 21.7. The summed E-state index contributed by atoms with van der Waals surface area (Å²) in [6, 6.07) is 6.45. The minimum absolute atomic E-state index is 0. The van der Waals surface area contributed by atoms with Gasteiger partial charge in [-0.2, -0.15) is 0 Å². The number of nitrogens with one attached hydrogen (secondary N) is 1. The van der Waals surface area contributed by atoms with E-state index in [-0.39, 0.29) is 35.3 Å². The van der Waals surface area contributed by atoms with Gasteiger partial charge in [0.15, 0.2) is 0 Å². The van der Waals surface area contributed by atoms with E-state index in [0.717, 1.165) is 55.8 Å². The Morgan fingerprint density at radius 3 is 2.62 bits per heavy atom. The minimum atomic E-state index is 0. The first-order chi connectivity index (χ1) is 12.1. The van der Waals surface area contributed by atoms with E-state index in [1.54, 1.807) is 0 Å². The van der Waals surface area contributed by atoms with Crippen molar-refractivity contribution in [2.75, 3.05) is 31.6 Å². The van der Waals surface area contributed by atoms with Crippen LogP contribution in [0.3, 0.4) is 0 Å². The lowest BCUT2D eigenvalue weighted by Gasteiger charge is -2.42. The molecule has 0 radical (unpaired) electrons. The highest BCUT2D eigenvalue weighted by Gasteiger charge is 2.40. The quantitative estimate of drug-likeness (QED) is 0.672. The van der Waals surface area contributed by atoms with E-state index in [9.17, 15) is 4.79 Å². The van der Waals surface area contributed by atoms with Gasteiger partial charge in [-0.15, -0.1) is 24.0 Å². The molecular formula is C21H29IN2O2. The molecule has 5 heteroatoms. The van der Waals surface area contributed by atoms with Gasteiger partial charge in [-0.3, -0.25) is 9.69 Å². The lowest BCUT2D eigenvalue weighted by molar-refractivity contribution is -0.114. The van der Waals surface area contributed by atoms with Crippen molar-refractivity contribution in [2.24, 2.45) is 5.41 Å². The standard InChI is InChI=1S/C21H28N2O2.HI/c1-16-4-5-17(15-23-8-2-3-9-23)12-19(16)22-20(24)18-13-21(14-18)6-10-25-11-7-21;/h4-5,12-13H,2-3,6-11,14-15H2,1H3,(H,22,24);1H. The van der Waals surface area contributed by atoms with Gasteiger partial charge in [-0.1, -0.05) is 18.2 Å². The Balaban J connectivity index is 0.00000196. The second kappa shape index (κ2) is 8.40. The third kappa shape index (κ3) is 4.31. The molecule has 1 aromatic carbocycles. The number of carbonyl (C=O) groups excluding carboxylic acids is 1. The van der Waals surface area contributed by atoms with Crippen LogP contribution in [0.5, 0.6) is 0 Å². The van der Waals surface area contributed by atoms with Crippen LogP contribution in [0.1, 0.15) is 43.2 Å². The van der Waals surface area contributed by atoms with E-state index in [1.165, 1.54) is 31.5 Å². The highest BCUT2D eigenvalue weighted by molar-refractivity contribution is 14.0. The Bertz CT molecular complexity index is 689. The van der Waals surface area contributed by atoms with E-state index in [2.05, 4.69) is 41.4 Å². The summed E-state index contributed by atoms with van der Waals surface area (Å²) in [5.74, 6) is 0.0681. The van der Waals surface area contributed by atoms with Crippen LogP contribution in [-0.4, -0.2) is 37.1 Å². The first-order valence-electron chi connectivity index (χ1n) is 9.56. The summed E-state index contributed by atoms with van der Waals surface area (Å²) in [5, 5.41) is 3.14. The Labute approximate surface area is 173 Å². The number of benzene rings is 1. The smallest absolute Gasteiger partial charge is 0.251 e. The number of hydrogen-bond acceptors (Lipinski definition) is 3. The number of halogens is 1. The summed E-state index contributed by atoms with van der Waals surface area (Å²) >= 11 is 0. The molecule has 0 saturated carbocycles. The van der Waals surface area contributed by atoms with E-state index in [1.807, 2.05) is 0 Å². The summed E-state index contributed by atoms with van der Waals surface area (Å²) in [6.07, 6.45) is 7.79. The first-order valence-corrected chi connectivity index (χ1v) is 9.56. The van der Waals surface area contributed by atoms with Crippen molar-refractivity contribution in [1.82, 2.24) is 4.90 Å². The van der Waals surface area contributed by atoms with Crippen molar-refractivity contribution in [3.8, 4) is 0 Å². The van der Waals surface area contributed by atoms with Crippen LogP contribution in [0.2, 0.25) is 0 Å². The molecule has 3 aliphatic rings. The molecule has 0 bridgehead atoms. The fourth-order valence-corrected chi connectivity index (χ4v) is 4.27. The third-order valence-corrected chi connectivity index (χ3v) is 5.96. The fourth-order valence-electron chi connectivity index (χ4n) is 4.27. The summed E-state index contributed by atoms with van der Waals surface area (Å²) in [6.45, 7) is 7.06. The molecule has 0 aromatic heterocycles. The van der Waals surface area contributed by atoms with Gasteiger partial charge < -0.3 is 10.1 Å². The second-order valence-corrected chi connectivity index (χ2v) is 7.91. The van der Waals surface area contributed by atoms with Crippen LogP contribution >= 0.6 is 24.0 Å². The molecular weight excluding hydrogens is 439 g/mol. The maximum Gasteiger partial charge on any atom is 0.251 e. The van der Waals surface area contributed by atoms with Gasteiger partial charge in [0.25, 0.3) is 5.91 Å². The largest absolute Gasteiger partial charge is 0.381 e. The molecule has 4 rings (SSSR count). The number of aryl methyl sites for hydroxylation is 1. The summed E-state index contributed by atoms with van der Waals surface area (Å²) in [4.78, 5) is 15.1. The Morgan fingerprint density at radius 2 is 1.92 bits per heavy atom. The number of anilines is 1. The highest BCUT2D eigenvalue weighted by atomic mass is 127. The van der Waals surface area contributed by atoms with Crippen molar-refractivity contribution in [3.05, 3.63) is 41.0 Å². The van der Waals surface area contributed by atoms with E-state index >= 15 is 0 Å². The molecule has 1 aromatic rings. The van der Waals surface area contributed by atoms with Crippen LogP contribution in [0.4, 0.5) is 5.69 Å². The topological polar surface area (TPSA) is 41.6 Å². The van der Waals surface area contributed by atoms with Gasteiger partial charge in [0.1, 0.15) is 0 Å². The van der Waals surface area contributed by atoms with Gasteiger partial charge in [-0.25, -0.2) is 0 Å². The minimum Gasteiger partial charge on any atom is -0.381 e. The van der Waals surface area contributed by atoms with Gasteiger partial charge in [0.2, 0.25) is 0 Å². The number of hydrogen-bond donors (Lipinski definition) is 1. The number of amides is 1. The molecule has 1 aliphatic carbocycles. The molecule has 26 heavy (non-hydrogen) atoms. The van der Waals surface area contributed by atoms with Crippen LogP contribution in [0.25, 0.3) is 0 Å². The van der Waals surface area contributed by atoms with Crippen molar-refractivity contribution < 1.29 is 9.53 Å². The lowest BCUT2D eigenvalue weighted by atomic mass is 9.66. The predicted molar refractivity (Wildman–Crippen MR) is 115 cm³/mol. The maximum absolute atomic E-state index is 12.6. The molecule has 2 fully saturated rings. The van der Waals surface area contributed by atoms with Crippen LogP contribution < -0.4 is 5.32 Å². The number of carbonyl (C=O) groups is 1. The number of nitrogens with zero attached hydrogens (tertiary/aromatic N) is 1. The van der Waals surface area contributed by atoms with E-state index in [0.29, 0.717) is 0 Å². The van der Waals surface area contributed by atoms with Crippen molar-refractivity contribution in [1.29, 1.82) is 0 Å². The average molecular weight is 468 g/mol. The molecule has 142 valence electrons. The monoisotopic (exact) mass is 468 g/mol. The average Bonchev–Trinajstić information content (AvgIpc) is 3.09. The zero-order valence-electron chi connectivity index (χ0n) is 15.6. The summed E-state index contributed by atoms with van der Waals surface area (Å²) < 4.78 is 5.44. The van der Waals surface area contributed by atoms with Crippen molar-refractivity contribution >= 4 is 35.6 Å². The highest BCUT2D eigenvalue weighted by Crippen LogP contribution is 2.47. The maximum atomic E-state index is 12.6. The molecule has 2 heterocycles. The van der Waals surface area contributed by atoms with Crippen LogP contribution in [-0.2, 0) is 16.1 Å². The van der Waals surface area contributed by atoms with Crippen molar-refractivity contribution in [3.63, 3.8) is 0 Å². The fraction of sp³-hybridized carbons (Fsp3) is 0.571. The molecule has 0 unspecified atom stereocenters.